The van der Waals surface area contributed by atoms with Crippen molar-refractivity contribution in [2.75, 3.05) is 11.9 Å². The van der Waals surface area contributed by atoms with Gasteiger partial charge in [0.2, 0.25) is 5.13 Å². The van der Waals surface area contributed by atoms with Gasteiger partial charge < -0.3 is 5.32 Å². The van der Waals surface area contributed by atoms with Crippen molar-refractivity contribution in [1.82, 2.24) is 15.2 Å². The highest BCUT2D eigenvalue weighted by Gasteiger charge is 2.28. The SMILES string of the molecule is CCCCNc1nnc(-c2sc(C3CC3)nc2C)s1. The molecule has 0 aromatic carbocycles. The standard InChI is InChI=1S/C13H18N4S2/c1-3-4-7-14-13-17-16-12(19-13)10-8(2)15-11(18-10)9-5-6-9/h9H,3-7H2,1-2H3,(H,14,17). The van der Waals surface area contributed by atoms with Crippen molar-refractivity contribution < 1.29 is 0 Å². The lowest BCUT2D eigenvalue weighted by Crippen LogP contribution is -1.99. The van der Waals surface area contributed by atoms with E-state index in [1.54, 1.807) is 22.7 Å². The monoisotopic (exact) mass is 294 g/mol. The molecule has 0 amide bonds. The molecule has 1 fully saturated rings. The van der Waals surface area contributed by atoms with Crippen LogP contribution in [-0.4, -0.2) is 21.7 Å². The first kappa shape index (κ1) is 13.0. The summed E-state index contributed by atoms with van der Waals surface area (Å²) in [6.07, 6.45) is 4.95. The normalized spacial score (nSPS) is 14.8. The van der Waals surface area contributed by atoms with E-state index in [4.69, 9.17) is 0 Å². The zero-order valence-corrected chi connectivity index (χ0v) is 12.9. The van der Waals surface area contributed by atoms with Gasteiger partial charge in [-0.1, -0.05) is 24.7 Å². The van der Waals surface area contributed by atoms with Crippen LogP contribution < -0.4 is 5.32 Å². The molecular formula is C13H18N4S2. The maximum atomic E-state index is 4.67. The molecule has 19 heavy (non-hydrogen) atoms. The second kappa shape index (κ2) is 5.54. The largest absolute Gasteiger partial charge is 0.360 e. The van der Waals surface area contributed by atoms with Gasteiger partial charge in [0, 0.05) is 12.5 Å². The Morgan fingerprint density at radius 1 is 1.26 bits per heavy atom. The van der Waals surface area contributed by atoms with Gasteiger partial charge in [0.15, 0.2) is 5.01 Å². The lowest BCUT2D eigenvalue weighted by Gasteiger charge is -1.97. The molecule has 2 aromatic rings. The highest BCUT2D eigenvalue weighted by Crippen LogP contribution is 2.45. The Kier molecular flexibility index (Phi) is 3.79. The minimum atomic E-state index is 0.715. The molecule has 6 heteroatoms. The van der Waals surface area contributed by atoms with Crippen molar-refractivity contribution in [2.45, 2.75) is 45.4 Å². The van der Waals surface area contributed by atoms with Gasteiger partial charge in [-0.15, -0.1) is 21.5 Å². The fourth-order valence-electron chi connectivity index (χ4n) is 1.88. The number of aromatic nitrogens is 3. The second-order valence-electron chi connectivity index (χ2n) is 4.93. The fourth-order valence-corrected chi connectivity index (χ4v) is 4.01. The highest BCUT2D eigenvalue weighted by molar-refractivity contribution is 7.23. The van der Waals surface area contributed by atoms with Gasteiger partial charge in [-0.3, -0.25) is 0 Å². The summed E-state index contributed by atoms with van der Waals surface area (Å²) in [6.45, 7) is 5.23. The molecule has 0 spiro atoms. The van der Waals surface area contributed by atoms with Crippen molar-refractivity contribution in [2.24, 2.45) is 0 Å². The summed E-state index contributed by atoms with van der Waals surface area (Å²) in [5.41, 5.74) is 1.10. The van der Waals surface area contributed by atoms with E-state index < -0.39 is 0 Å². The Hall–Kier alpha value is -1.01. The topological polar surface area (TPSA) is 50.7 Å². The molecule has 0 radical (unpaired) electrons. The van der Waals surface area contributed by atoms with Gasteiger partial charge in [-0.05, 0) is 26.2 Å². The Labute approximate surface area is 121 Å². The number of nitrogens with one attached hydrogen (secondary N) is 1. The molecule has 0 atom stereocenters. The van der Waals surface area contributed by atoms with Gasteiger partial charge in [0.1, 0.15) is 0 Å². The van der Waals surface area contributed by atoms with E-state index >= 15 is 0 Å². The van der Waals surface area contributed by atoms with E-state index in [0.29, 0.717) is 5.92 Å². The number of hydrogen-bond acceptors (Lipinski definition) is 6. The maximum Gasteiger partial charge on any atom is 0.206 e. The van der Waals surface area contributed by atoms with Crippen LogP contribution in [0.2, 0.25) is 0 Å². The molecule has 1 N–H and O–H groups in total. The van der Waals surface area contributed by atoms with Crippen molar-refractivity contribution in [1.29, 1.82) is 0 Å². The third-order valence-corrected chi connectivity index (χ3v) is 5.52. The molecule has 2 heterocycles. The van der Waals surface area contributed by atoms with Gasteiger partial charge >= 0.3 is 0 Å². The van der Waals surface area contributed by atoms with Gasteiger partial charge in [0.25, 0.3) is 0 Å². The van der Waals surface area contributed by atoms with Crippen LogP contribution in [-0.2, 0) is 0 Å². The summed E-state index contributed by atoms with van der Waals surface area (Å²) in [6, 6.07) is 0. The molecule has 1 aliphatic rings. The summed E-state index contributed by atoms with van der Waals surface area (Å²) < 4.78 is 0. The van der Waals surface area contributed by atoms with Crippen LogP contribution in [0.4, 0.5) is 5.13 Å². The summed E-state index contributed by atoms with van der Waals surface area (Å²) in [7, 11) is 0. The van der Waals surface area contributed by atoms with E-state index in [1.165, 1.54) is 35.6 Å². The van der Waals surface area contributed by atoms with E-state index in [9.17, 15) is 0 Å². The lowest BCUT2D eigenvalue weighted by atomic mass is 10.3. The minimum Gasteiger partial charge on any atom is -0.360 e. The van der Waals surface area contributed by atoms with Crippen molar-refractivity contribution in [3.8, 4) is 9.88 Å². The molecule has 3 rings (SSSR count). The van der Waals surface area contributed by atoms with Crippen molar-refractivity contribution >= 4 is 27.8 Å². The Morgan fingerprint density at radius 3 is 2.84 bits per heavy atom. The predicted molar refractivity (Wildman–Crippen MR) is 81.1 cm³/mol. The zero-order chi connectivity index (χ0) is 13.2. The summed E-state index contributed by atoms with van der Waals surface area (Å²) in [5.74, 6) is 0.715. The Morgan fingerprint density at radius 2 is 2.11 bits per heavy atom. The van der Waals surface area contributed by atoms with Crippen molar-refractivity contribution in [3.05, 3.63) is 10.7 Å². The van der Waals surface area contributed by atoms with Gasteiger partial charge in [-0.25, -0.2) is 4.98 Å². The average Bonchev–Trinajstić information content (AvgIpc) is 3.03. The molecule has 4 nitrogen and oxygen atoms in total. The molecule has 1 saturated carbocycles. The number of anilines is 1. The van der Waals surface area contributed by atoms with Crippen LogP contribution in [0, 0.1) is 6.92 Å². The Bertz CT molecular complexity index is 557. The van der Waals surface area contributed by atoms with Crippen LogP contribution in [0.1, 0.15) is 49.2 Å². The number of aryl methyl sites for hydroxylation is 1. The molecular weight excluding hydrogens is 276 g/mol. The average molecular weight is 294 g/mol. The quantitative estimate of drug-likeness (QED) is 0.816. The first-order valence-corrected chi connectivity index (χ1v) is 8.46. The molecule has 1 aliphatic carbocycles. The smallest absolute Gasteiger partial charge is 0.206 e. The predicted octanol–water partition coefficient (Wildman–Crippen LogP) is 4.06. The molecule has 2 aromatic heterocycles. The van der Waals surface area contributed by atoms with Gasteiger partial charge in [-0.2, -0.15) is 0 Å². The van der Waals surface area contributed by atoms with E-state index in [1.807, 2.05) is 0 Å². The number of hydrogen-bond donors (Lipinski definition) is 1. The summed E-state index contributed by atoms with van der Waals surface area (Å²) >= 11 is 3.43. The molecule has 0 unspecified atom stereocenters. The van der Waals surface area contributed by atoms with E-state index in [2.05, 4.69) is 34.3 Å². The van der Waals surface area contributed by atoms with Crippen LogP contribution in [0.15, 0.2) is 0 Å². The second-order valence-corrected chi connectivity index (χ2v) is 6.94. The zero-order valence-electron chi connectivity index (χ0n) is 11.3. The third kappa shape index (κ3) is 2.95. The van der Waals surface area contributed by atoms with E-state index in [0.717, 1.165) is 22.4 Å². The van der Waals surface area contributed by atoms with Gasteiger partial charge in [0.05, 0.1) is 15.6 Å². The fraction of sp³-hybridized carbons (Fsp3) is 0.615. The Balaban J connectivity index is 1.74. The molecule has 102 valence electrons. The van der Waals surface area contributed by atoms with Crippen molar-refractivity contribution in [3.63, 3.8) is 0 Å². The molecule has 0 bridgehead atoms. The lowest BCUT2D eigenvalue weighted by molar-refractivity contribution is 0.831. The number of unbranched alkanes of at least 4 members (excludes halogenated alkanes) is 1. The van der Waals surface area contributed by atoms with Crippen LogP contribution in [0.25, 0.3) is 9.88 Å². The number of nitrogens with zero attached hydrogens (tertiary/aromatic N) is 3. The minimum absolute atomic E-state index is 0.715. The highest BCUT2D eigenvalue weighted by atomic mass is 32.1. The number of thiazole rings is 1. The molecule has 0 saturated heterocycles. The van der Waals surface area contributed by atoms with Crippen LogP contribution in [0.3, 0.4) is 0 Å². The van der Waals surface area contributed by atoms with E-state index in [-0.39, 0.29) is 0 Å². The first-order valence-electron chi connectivity index (χ1n) is 6.83. The third-order valence-electron chi connectivity index (χ3n) is 3.17. The number of rotatable bonds is 6. The summed E-state index contributed by atoms with van der Waals surface area (Å²) in [5, 5.41) is 15.0. The van der Waals surface area contributed by atoms with Crippen LogP contribution >= 0.6 is 22.7 Å². The summed E-state index contributed by atoms with van der Waals surface area (Å²) in [4.78, 5) is 5.87. The first-order chi connectivity index (χ1) is 9.28. The van der Waals surface area contributed by atoms with Crippen LogP contribution in [0.5, 0.6) is 0 Å². The maximum absolute atomic E-state index is 4.67. The molecule has 0 aliphatic heterocycles.